The summed E-state index contributed by atoms with van der Waals surface area (Å²) >= 11 is 0. The Morgan fingerprint density at radius 1 is 1.35 bits per heavy atom. The fourth-order valence-electron chi connectivity index (χ4n) is 1.39. The van der Waals surface area contributed by atoms with Gasteiger partial charge in [-0.15, -0.1) is 12.4 Å². The predicted octanol–water partition coefficient (Wildman–Crippen LogP) is 1.42. The van der Waals surface area contributed by atoms with Crippen LogP contribution in [0.4, 0.5) is 8.78 Å². The van der Waals surface area contributed by atoms with Crippen LogP contribution in [0, 0.1) is 0 Å². The lowest BCUT2D eigenvalue weighted by molar-refractivity contribution is -0.174. The van der Waals surface area contributed by atoms with Crippen LogP contribution in [-0.2, 0) is 9.53 Å². The number of esters is 1. The van der Waals surface area contributed by atoms with Crippen molar-refractivity contribution in [3.63, 3.8) is 0 Å². The second-order valence-electron chi connectivity index (χ2n) is 3.69. The maximum absolute atomic E-state index is 13.6. The van der Waals surface area contributed by atoms with Gasteiger partial charge in [-0.2, -0.15) is 8.78 Å². The first-order chi connectivity index (χ1) is 8.73. The molecule has 0 aliphatic carbocycles. The summed E-state index contributed by atoms with van der Waals surface area (Å²) in [6, 6.07) is -0.480. The van der Waals surface area contributed by atoms with Gasteiger partial charge in [0, 0.05) is 5.56 Å². The van der Waals surface area contributed by atoms with Gasteiger partial charge in [0.25, 0.3) is 0 Å². The van der Waals surface area contributed by atoms with Gasteiger partial charge in [-0.3, -0.25) is 0 Å². The number of nitrogens with two attached hydrogens (primary N) is 1. The van der Waals surface area contributed by atoms with E-state index in [1.165, 1.54) is 6.92 Å². The zero-order chi connectivity index (χ0) is 14.8. The zero-order valence-electron chi connectivity index (χ0n) is 10.3. The number of phenols is 3. The highest BCUT2D eigenvalue weighted by Gasteiger charge is 2.49. The summed E-state index contributed by atoms with van der Waals surface area (Å²) in [4.78, 5) is 11.1. The summed E-state index contributed by atoms with van der Waals surface area (Å²) in [6.45, 7) is 1.09. The molecule has 6 nitrogen and oxygen atoms in total. The average molecular weight is 314 g/mol. The number of halogens is 3. The van der Waals surface area contributed by atoms with E-state index in [9.17, 15) is 23.8 Å². The number of phenolic OH excluding ortho intramolecular Hbond substituents is 3. The maximum atomic E-state index is 13.6. The second kappa shape index (κ2) is 6.58. The Morgan fingerprint density at radius 3 is 2.40 bits per heavy atom. The molecule has 0 bridgehead atoms. The van der Waals surface area contributed by atoms with Crippen LogP contribution in [0.25, 0.3) is 0 Å². The largest absolute Gasteiger partial charge is 0.504 e. The quantitative estimate of drug-likeness (QED) is 0.494. The molecule has 0 heterocycles. The topological polar surface area (TPSA) is 113 Å². The number of benzene rings is 1. The Balaban J connectivity index is 0.00000361. The van der Waals surface area contributed by atoms with Crippen molar-refractivity contribution in [2.75, 3.05) is 6.61 Å². The fourth-order valence-corrected chi connectivity index (χ4v) is 1.39. The van der Waals surface area contributed by atoms with E-state index in [1.54, 1.807) is 0 Å². The number of ether oxygens (including phenoxy) is 1. The van der Waals surface area contributed by atoms with Crippen molar-refractivity contribution in [3.8, 4) is 17.2 Å². The van der Waals surface area contributed by atoms with Crippen LogP contribution in [0.3, 0.4) is 0 Å². The molecule has 0 radical (unpaired) electrons. The first-order valence-corrected chi connectivity index (χ1v) is 5.27. The van der Waals surface area contributed by atoms with Gasteiger partial charge in [-0.25, -0.2) is 4.79 Å². The number of hydrogen-bond donors (Lipinski definition) is 4. The van der Waals surface area contributed by atoms with E-state index in [-0.39, 0.29) is 19.0 Å². The van der Waals surface area contributed by atoms with Gasteiger partial charge in [0.15, 0.2) is 11.5 Å². The van der Waals surface area contributed by atoms with Crippen LogP contribution in [0.15, 0.2) is 12.1 Å². The summed E-state index contributed by atoms with van der Waals surface area (Å²) < 4.78 is 31.5. The molecule has 1 aromatic rings. The molecule has 0 fully saturated rings. The Kier molecular flexibility index (Phi) is 5.98. The average Bonchev–Trinajstić information content (AvgIpc) is 2.35. The fraction of sp³-hybridized carbons (Fsp3) is 0.364. The molecule has 0 aliphatic rings. The number of alkyl halides is 2. The van der Waals surface area contributed by atoms with Crippen LogP contribution >= 0.6 is 12.4 Å². The van der Waals surface area contributed by atoms with Gasteiger partial charge in [0.2, 0.25) is 5.75 Å². The molecule has 0 aliphatic heterocycles. The normalized spacial score (nSPS) is 12.4. The van der Waals surface area contributed by atoms with Crippen LogP contribution in [0.1, 0.15) is 18.5 Å². The van der Waals surface area contributed by atoms with E-state index >= 15 is 0 Å². The molecule has 20 heavy (non-hydrogen) atoms. The highest BCUT2D eigenvalue weighted by Crippen LogP contribution is 2.43. The monoisotopic (exact) mass is 313 g/mol. The van der Waals surface area contributed by atoms with E-state index in [2.05, 4.69) is 4.74 Å². The second-order valence-corrected chi connectivity index (χ2v) is 3.69. The summed E-state index contributed by atoms with van der Waals surface area (Å²) in [5.74, 6) is -8.64. The SMILES string of the molecule is CCOC(=O)C(F)(F)[C@@H](N)c1ccc(O)c(O)c1O.Cl. The molecule has 0 saturated heterocycles. The molecule has 1 rings (SSSR count). The summed E-state index contributed by atoms with van der Waals surface area (Å²) in [6.07, 6.45) is 0. The third kappa shape index (κ3) is 3.20. The molecular formula is C11H14ClF2NO5. The number of aromatic hydroxyl groups is 3. The van der Waals surface area contributed by atoms with Gasteiger partial charge < -0.3 is 25.8 Å². The lowest BCUT2D eigenvalue weighted by Gasteiger charge is -2.22. The van der Waals surface area contributed by atoms with E-state index < -0.39 is 40.7 Å². The van der Waals surface area contributed by atoms with Gasteiger partial charge in [-0.1, -0.05) is 0 Å². The minimum atomic E-state index is -4.09. The first-order valence-electron chi connectivity index (χ1n) is 5.27. The van der Waals surface area contributed by atoms with Crippen molar-refractivity contribution in [2.24, 2.45) is 5.73 Å². The molecule has 0 aromatic heterocycles. The van der Waals surface area contributed by atoms with E-state index in [1.807, 2.05) is 0 Å². The van der Waals surface area contributed by atoms with Crippen molar-refractivity contribution in [1.29, 1.82) is 0 Å². The third-order valence-electron chi connectivity index (χ3n) is 2.43. The lowest BCUT2D eigenvalue weighted by atomic mass is 9.99. The van der Waals surface area contributed by atoms with Gasteiger partial charge >= 0.3 is 11.9 Å². The molecule has 1 atom stereocenters. The summed E-state index contributed by atoms with van der Waals surface area (Å²) in [5.41, 5.74) is 4.63. The maximum Gasteiger partial charge on any atom is 0.379 e. The van der Waals surface area contributed by atoms with Crippen LogP contribution in [-0.4, -0.2) is 33.8 Å². The van der Waals surface area contributed by atoms with Crippen molar-refractivity contribution in [2.45, 2.75) is 18.9 Å². The van der Waals surface area contributed by atoms with Gasteiger partial charge in [-0.05, 0) is 19.1 Å². The number of hydrogen-bond acceptors (Lipinski definition) is 6. The third-order valence-corrected chi connectivity index (χ3v) is 2.43. The number of carbonyl (C=O) groups excluding carboxylic acids is 1. The first kappa shape index (κ1) is 18.2. The molecule has 1 aromatic carbocycles. The standard InChI is InChI=1S/C11H13F2NO5.ClH/c1-2-19-10(18)11(12,13)9(14)5-3-4-6(15)8(17)7(5)16;/h3-4,9,15-17H,2,14H2,1H3;1H/t9-;/m0./s1. The van der Waals surface area contributed by atoms with Crippen molar-refractivity contribution in [1.82, 2.24) is 0 Å². The Bertz CT molecular complexity index is 498. The Hall–Kier alpha value is -1.80. The van der Waals surface area contributed by atoms with Gasteiger partial charge in [0.1, 0.15) is 6.04 Å². The highest BCUT2D eigenvalue weighted by molar-refractivity contribution is 5.85. The van der Waals surface area contributed by atoms with Crippen LogP contribution < -0.4 is 5.73 Å². The molecule has 5 N–H and O–H groups in total. The predicted molar refractivity (Wildman–Crippen MR) is 67.2 cm³/mol. The van der Waals surface area contributed by atoms with E-state index in [4.69, 9.17) is 10.8 Å². The molecule has 0 unspecified atom stereocenters. The smallest absolute Gasteiger partial charge is 0.379 e. The zero-order valence-corrected chi connectivity index (χ0v) is 11.2. The number of rotatable bonds is 4. The molecule has 114 valence electrons. The Labute approximate surface area is 119 Å². The van der Waals surface area contributed by atoms with Crippen LogP contribution in [0.2, 0.25) is 0 Å². The minimum absolute atomic E-state index is 0. The molecule has 0 saturated carbocycles. The molecule has 0 amide bonds. The number of carbonyl (C=O) groups is 1. The van der Waals surface area contributed by atoms with Crippen molar-refractivity contribution >= 4 is 18.4 Å². The van der Waals surface area contributed by atoms with E-state index in [0.717, 1.165) is 12.1 Å². The van der Waals surface area contributed by atoms with Crippen molar-refractivity contribution in [3.05, 3.63) is 17.7 Å². The summed E-state index contributed by atoms with van der Waals surface area (Å²) in [5, 5.41) is 27.7. The molecular weight excluding hydrogens is 300 g/mol. The molecule has 9 heteroatoms. The van der Waals surface area contributed by atoms with E-state index in [0.29, 0.717) is 0 Å². The minimum Gasteiger partial charge on any atom is -0.504 e. The Morgan fingerprint density at radius 2 is 1.90 bits per heavy atom. The lowest BCUT2D eigenvalue weighted by Crippen LogP contribution is -2.41. The summed E-state index contributed by atoms with van der Waals surface area (Å²) in [7, 11) is 0. The highest BCUT2D eigenvalue weighted by atomic mass is 35.5. The van der Waals surface area contributed by atoms with Crippen LogP contribution in [0.5, 0.6) is 17.2 Å². The van der Waals surface area contributed by atoms with Gasteiger partial charge in [0.05, 0.1) is 6.61 Å². The van der Waals surface area contributed by atoms with Crippen molar-refractivity contribution < 1.29 is 33.6 Å². The molecule has 0 spiro atoms.